The number of rotatable bonds is 7. The van der Waals surface area contributed by atoms with Gasteiger partial charge in [0.1, 0.15) is 12.2 Å². The summed E-state index contributed by atoms with van der Waals surface area (Å²) in [6.45, 7) is 10.6. The van der Waals surface area contributed by atoms with Crippen LogP contribution >= 0.6 is 0 Å². The van der Waals surface area contributed by atoms with Gasteiger partial charge in [-0.2, -0.15) is 0 Å². The molecule has 5 heteroatoms. The molecule has 1 rings (SSSR count). The molecule has 5 nitrogen and oxygen atoms in total. The van der Waals surface area contributed by atoms with Crippen LogP contribution in [0.5, 0.6) is 0 Å². The summed E-state index contributed by atoms with van der Waals surface area (Å²) in [6, 6.07) is 0.469. The number of nitrogens with zero attached hydrogens (tertiary/aromatic N) is 4. The van der Waals surface area contributed by atoms with Gasteiger partial charge >= 0.3 is 0 Å². The number of nitrogens with one attached hydrogen (secondary N) is 1. The predicted molar refractivity (Wildman–Crippen MR) is 65.1 cm³/mol. The maximum Gasteiger partial charge on any atom is 0.146 e. The minimum Gasteiger partial charge on any atom is -0.320 e. The minimum absolute atomic E-state index is 0.469. The first-order valence-corrected chi connectivity index (χ1v) is 5.96. The first-order chi connectivity index (χ1) is 7.67. The van der Waals surface area contributed by atoms with Crippen LogP contribution in [0.3, 0.4) is 0 Å². The molecule has 1 aromatic heterocycles. The van der Waals surface area contributed by atoms with Crippen molar-refractivity contribution in [1.29, 1.82) is 0 Å². The SMILES string of the molecule is CCN(CC)CC(C)NCc1nncn1C. The molecule has 0 amide bonds. The molecule has 0 bridgehead atoms. The molecule has 1 heterocycles. The molecule has 1 N–H and O–H groups in total. The van der Waals surface area contributed by atoms with E-state index in [1.807, 2.05) is 11.6 Å². The van der Waals surface area contributed by atoms with Crippen LogP contribution in [0.15, 0.2) is 6.33 Å². The topological polar surface area (TPSA) is 46.0 Å². The number of aromatic nitrogens is 3. The zero-order valence-corrected chi connectivity index (χ0v) is 10.8. The van der Waals surface area contributed by atoms with Gasteiger partial charge in [-0.05, 0) is 20.0 Å². The Morgan fingerprint density at radius 2 is 2.12 bits per heavy atom. The van der Waals surface area contributed by atoms with Gasteiger partial charge in [0.25, 0.3) is 0 Å². The van der Waals surface area contributed by atoms with Gasteiger partial charge < -0.3 is 14.8 Å². The summed E-state index contributed by atoms with van der Waals surface area (Å²) in [5, 5.41) is 11.4. The molecule has 1 atom stereocenters. The van der Waals surface area contributed by atoms with Crippen molar-refractivity contribution in [3.63, 3.8) is 0 Å². The van der Waals surface area contributed by atoms with Gasteiger partial charge in [-0.25, -0.2) is 0 Å². The molecule has 1 unspecified atom stereocenters. The molecule has 1 aromatic rings. The fourth-order valence-corrected chi connectivity index (χ4v) is 1.67. The van der Waals surface area contributed by atoms with Crippen LogP contribution in [0, 0.1) is 0 Å². The van der Waals surface area contributed by atoms with Crippen LogP contribution in [0.1, 0.15) is 26.6 Å². The Morgan fingerprint density at radius 3 is 2.62 bits per heavy atom. The molecule has 0 fully saturated rings. The van der Waals surface area contributed by atoms with E-state index in [1.54, 1.807) is 6.33 Å². The third-order valence-electron chi connectivity index (χ3n) is 2.84. The van der Waals surface area contributed by atoms with E-state index in [9.17, 15) is 0 Å². The second kappa shape index (κ2) is 6.60. The third kappa shape index (κ3) is 3.90. The Hall–Kier alpha value is -0.940. The van der Waals surface area contributed by atoms with E-state index < -0.39 is 0 Å². The van der Waals surface area contributed by atoms with Crippen LogP contribution in [-0.2, 0) is 13.6 Å². The Kier molecular flexibility index (Phi) is 5.42. The average Bonchev–Trinajstić information content (AvgIpc) is 2.69. The average molecular weight is 225 g/mol. The van der Waals surface area contributed by atoms with E-state index >= 15 is 0 Å². The van der Waals surface area contributed by atoms with E-state index in [-0.39, 0.29) is 0 Å². The number of hydrogen-bond donors (Lipinski definition) is 1. The lowest BCUT2D eigenvalue weighted by Crippen LogP contribution is -2.39. The highest BCUT2D eigenvalue weighted by Crippen LogP contribution is 1.95. The zero-order valence-electron chi connectivity index (χ0n) is 10.8. The highest BCUT2D eigenvalue weighted by Gasteiger charge is 2.08. The fraction of sp³-hybridized carbons (Fsp3) is 0.818. The first-order valence-electron chi connectivity index (χ1n) is 5.96. The second-order valence-corrected chi connectivity index (χ2v) is 4.13. The van der Waals surface area contributed by atoms with Gasteiger partial charge in [0.05, 0.1) is 6.54 Å². The molecule has 0 aliphatic carbocycles. The van der Waals surface area contributed by atoms with E-state index in [4.69, 9.17) is 0 Å². The van der Waals surface area contributed by atoms with Crippen molar-refractivity contribution in [3.8, 4) is 0 Å². The van der Waals surface area contributed by atoms with E-state index in [1.165, 1.54) is 0 Å². The molecule has 0 saturated heterocycles. The minimum atomic E-state index is 0.469. The molecule has 0 spiro atoms. The Morgan fingerprint density at radius 1 is 1.44 bits per heavy atom. The zero-order chi connectivity index (χ0) is 12.0. The summed E-state index contributed by atoms with van der Waals surface area (Å²) in [5.74, 6) is 0.978. The van der Waals surface area contributed by atoms with E-state index in [0.717, 1.165) is 32.0 Å². The van der Waals surface area contributed by atoms with Crippen molar-refractivity contribution in [2.24, 2.45) is 7.05 Å². The molecular weight excluding hydrogens is 202 g/mol. The number of likely N-dealkylation sites (N-methyl/N-ethyl adjacent to an activating group) is 1. The summed E-state index contributed by atoms with van der Waals surface area (Å²) in [4.78, 5) is 2.41. The van der Waals surface area contributed by atoms with Crippen molar-refractivity contribution < 1.29 is 0 Å². The van der Waals surface area contributed by atoms with Gasteiger partial charge in [-0.1, -0.05) is 13.8 Å². The van der Waals surface area contributed by atoms with Gasteiger partial charge in [0, 0.05) is 19.6 Å². The number of aryl methyl sites for hydroxylation is 1. The van der Waals surface area contributed by atoms with Crippen molar-refractivity contribution >= 4 is 0 Å². The van der Waals surface area contributed by atoms with Crippen LogP contribution < -0.4 is 5.32 Å². The molecule has 0 aliphatic rings. The monoisotopic (exact) mass is 225 g/mol. The Balaban J connectivity index is 2.30. The summed E-state index contributed by atoms with van der Waals surface area (Å²) < 4.78 is 1.94. The summed E-state index contributed by atoms with van der Waals surface area (Å²) in [7, 11) is 1.96. The third-order valence-corrected chi connectivity index (χ3v) is 2.84. The number of hydrogen-bond acceptors (Lipinski definition) is 4. The maximum atomic E-state index is 4.04. The second-order valence-electron chi connectivity index (χ2n) is 4.13. The van der Waals surface area contributed by atoms with Gasteiger partial charge in [-0.15, -0.1) is 10.2 Å². The summed E-state index contributed by atoms with van der Waals surface area (Å²) in [6.07, 6.45) is 1.73. The van der Waals surface area contributed by atoms with Crippen molar-refractivity contribution in [2.75, 3.05) is 19.6 Å². The summed E-state index contributed by atoms with van der Waals surface area (Å²) >= 11 is 0. The van der Waals surface area contributed by atoms with Crippen LogP contribution in [0.25, 0.3) is 0 Å². The van der Waals surface area contributed by atoms with Crippen LogP contribution in [0.2, 0.25) is 0 Å². The smallest absolute Gasteiger partial charge is 0.146 e. The van der Waals surface area contributed by atoms with Crippen molar-refractivity contribution in [1.82, 2.24) is 25.0 Å². The Labute approximate surface area is 97.9 Å². The molecular formula is C11H23N5. The molecule has 0 saturated carbocycles. The van der Waals surface area contributed by atoms with Crippen LogP contribution in [0.4, 0.5) is 0 Å². The molecule has 0 aliphatic heterocycles. The summed E-state index contributed by atoms with van der Waals surface area (Å²) in [5.41, 5.74) is 0. The lowest BCUT2D eigenvalue weighted by molar-refractivity contribution is 0.269. The lowest BCUT2D eigenvalue weighted by atomic mass is 10.3. The highest BCUT2D eigenvalue weighted by atomic mass is 15.3. The first kappa shape index (κ1) is 13.1. The Bertz CT molecular complexity index is 292. The van der Waals surface area contributed by atoms with Crippen molar-refractivity contribution in [2.45, 2.75) is 33.4 Å². The molecule has 0 radical (unpaired) electrons. The predicted octanol–water partition coefficient (Wildman–Crippen LogP) is 0.635. The van der Waals surface area contributed by atoms with Gasteiger partial charge in [0.15, 0.2) is 0 Å². The van der Waals surface area contributed by atoms with E-state index in [2.05, 4.69) is 41.2 Å². The molecule has 92 valence electrons. The lowest BCUT2D eigenvalue weighted by Gasteiger charge is -2.23. The van der Waals surface area contributed by atoms with Crippen molar-refractivity contribution in [3.05, 3.63) is 12.2 Å². The van der Waals surface area contributed by atoms with Gasteiger partial charge in [-0.3, -0.25) is 0 Å². The largest absolute Gasteiger partial charge is 0.320 e. The molecule has 16 heavy (non-hydrogen) atoms. The standard InChI is InChI=1S/C11H23N5/c1-5-16(6-2)8-10(3)12-7-11-14-13-9-15(11)4/h9-10,12H,5-8H2,1-4H3. The maximum absolute atomic E-state index is 4.04. The van der Waals surface area contributed by atoms with E-state index in [0.29, 0.717) is 6.04 Å². The van der Waals surface area contributed by atoms with Gasteiger partial charge in [0.2, 0.25) is 0 Å². The normalized spacial score (nSPS) is 13.3. The fourth-order valence-electron chi connectivity index (χ4n) is 1.67. The highest BCUT2D eigenvalue weighted by molar-refractivity contribution is 4.84. The van der Waals surface area contributed by atoms with Crippen LogP contribution in [-0.4, -0.2) is 45.3 Å². The quantitative estimate of drug-likeness (QED) is 0.739. The molecule has 0 aromatic carbocycles.